The molecule has 6 heteroatoms. The van der Waals surface area contributed by atoms with E-state index in [1.165, 1.54) is 0 Å². The third kappa shape index (κ3) is 4.98. The van der Waals surface area contributed by atoms with Crippen molar-refractivity contribution in [1.82, 2.24) is 5.32 Å². The Morgan fingerprint density at radius 2 is 1.71 bits per heavy atom. The number of hydrogen-bond donors (Lipinski definition) is 2. The van der Waals surface area contributed by atoms with Crippen LogP contribution in [0.25, 0.3) is 0 Å². The number of carbonyl (C=O) groups excluding carboxylic acids is 2. The fourth-order valence-corrected chi connectivity index (χ4v) is 2.98. The van der Waals surface area contributed by atoms with Gasteiger partial charge in [-0.25, -0.2) is 0 Å². The van der Waals surface area contributed by atoms with E-state index in [0.29, 0.717) is 29.2 Å². The molecule has 2 N–H and O–H groups in total. The first-order valence-electron chi connectivity index (χ1n) is 8.66. The Balaban J connectivity index is 1.79. The van der Waals surface area contributed by atoms with Crippen molar-refractivity contribution >= 4 is 33.4 Å². The first-order valence-corrected chi connectivity index (χ1v) is 9.46. The van der Waals surface area contributed by atoms with Crippen LogP contribution in [-0.2, 0) is 6.61 Å². The van der Waals surface area contributed by atoms with E-state index >= 15 is 0 Å². The van der Waals surface area contributed by atoms with Crippen molar-refractivity contribution in [2.75, 3.05) is 12.4 Å². The number of nitrogens with one attached hydrogen (secondary N) is 2. The SMILES string of the molecule is CNC(=O)c1cccc(NC(=O)c2cc(Br)ccc2OCc2ccccc2)c1. The highest BCUT2D eigenvalue weighted by atomic mass is 79.9. The number of ether oxygens (including phenoxy) is 1. The summed E-state index contributed by atoms with van der Waals surface area (Å²) in [6.45, 7) is 0.356. The van der Waals surface area contributed by atoms with Crippen molar-refractivity contribution in [3.05, 3.63) is 94.0 Å². The van der Waals surface area contributed by atoms with E-state index in [1.54, 1.807) is 43.4 Å². The molecule has 28 heavy (non-hydrogen) atoms. The molecule has 0 bridgehead atoms. The zero-order valence-electron chi connectivity index (χ0n) is 15.2. The molecule has 5 nitrogen and oxygen atoms in total. The van der Waals surface area contributed by atoms with Crippen LogP contribution in [0.5, 0.6) is 5.75 Å². The molecule has 3 aromatic rings. The molecule has 0 fully saturated rings. The van der Waals surface area contributed by atoms with E-state index in [4.69, 9.17) is 4.74 Å². The van der Waals surface area contributed by atoms with Crippen molar-refractivity contribution in [2.24, 2.45) is 0 Å². The van der Waals surface area contributed by atoms with Crippen molar-refractivity contribution in [1.29, 1.82) is 0 Å². The molecule has 2 amide bonds. The smallest absolute Gasteiger partial charge is 0.259 e. The Morgan fingerprint density at radius 1 is 0.929 bits per heavy atom. The van der Waals surface area contributed by atoms with Crippen molar-refractivity contribution in [2.45, 2.75) is 6.61 Å². The van der Waals surface area contributed by atoms with Gasteiger partial charge in [-0.15, -0.1) is 0 Å². The van der Waals surface area contributed by atoms with Gasteiger partial charge in [0.25, 0.3) is 11.8 Å². The average molecular weight is 439 g/mol. The maximum atomic E-state index is 12.8. The van der Waals surface area contributed by atoms with Gasteiger partial charge in [-0.05, 0) is 42.0 Å². The number of amides is 2. The molecule has 0 spiro atoms. The summed E-state index contributed by atoms with van der Waals surface area (Å²) in [6, 6.07) is 21.8. The van der Waals surface area contributed by atoms with Crippen LogP contribution in [0.4, 0.5) is 5.69 Å². The Bertz CT molecular complexity index is 990. The van der Waals surface area contributed by atoms with E-state index in [2.05, 4.69) is 26.6 Å². The van der Waals surface area contributed by atoms with Gasteiger partial charge >= 0.3 is 0 Å². The molecule has 0 heterocycles. The normalized spacial score (nSPS) is 10.2. The van der Waals surface area contributed by atoms with E-state index < -0.39 is 0 Å². The summed E-state index contributed by atoms with van der Waals surface area (Å²) in [7, 11) is 1.56. The summed E-state index contributed by atoms with van der Waals surface area (Å²) in [5, 5.41) is 5.39. The Kier molecular flexibility index (Phi) is 6.45. The largest absolute Gasteiger partial charge is 0.488 e. The minimum atomic E-state index is -0.321. The van der Waals surface area contributed by atoms with E-state index in [0.717, 1.165) is 10.0 Å². The minimum Gasteiger partial charge on any atom is -0.488 e. The summed E-state index contributed by atoms with van der Waals surface area (Å²) >= 11 is 3.40. The molecule has 0 radical (unpaired) electrons. The molecular formula is C22H19BrN2O3. The number of benzene rings is 3. The Labute approximate surface area is 171 Å². The lowest BCUT2D eigenvalue weighted by atomic mass is 10.1. The number of halogens is 1. The quantitative estimate of drug-likeness (QED) is 0.588. The number of anilines is 1. The van der Waals surface area contributed by atoms with E-state index in [-0.39, 0.29) is 11.8 Å². The molecular weight excluding hydrogens is 420 g/mol. The third-order valence-corrected chi connectivity index (χ3v) is 4.53. The molecule has 142 valence electrons. The lowest BCUT2D eigenvalue weighted by Crippen LogP contribution is -2.18. The maximum Gasteiger partial charge on any atom is 0.259 e. The van der Waals surface area contributed by atoms with Crippen LogP contribution >= 0.6 is 15.9 Å². The lowest BCUT2D eigenvalue weighted by Gasteiger charge is -2.13. The van der Waals surface area contributed by atoms with Crippen LogP contribution < -0.4 is 15.4 Å². The van der Waals surface area contributed by atoms with Crippen molar-refractivity contribution < 1.29 is 14.3 Å². The highest BCUT2D eigenvalue weighted by Crippen LogP contribution is 2.25. The molecule has 0 atom stereocenters. The van der Waals surface area contributed by atoms with E-state index in [9.17, 15) is 9.59 Å². The Morgan fingerprint density at radius 3 is 2.46 bits per heavy atom. The second-order valence-corrected chi connectivity index (χ2v) is 6.94. The standard InChI is InChI=1S/C22H19BrN2O3/c1-24-21(26)16-8-5-9-18(12-16)25-22(27)19-13-17(23)10-11-20(19)28-14-15-6-3-2-4-7-15/h2-13H,14H2,1H3,(H,24,26)(H,25,27). The number of rotatable bonds is 6. The zero-order valence-corrected chi connectivity index (χ0v) is 16.8. The minimum absolute atomic E-state index is 0.217. The topological polar surface area (TPSA) is 67.4 Å². The van der Waals surface area contributed by atoms with Gasteiger partial charge in [0.2, 0.25) is 0 Å². The van der Waals surface area contributed by atoms with Crippen LogP contribution in [0.3, 0.4) is 0 Å². The average Bonchev–Trinajstić information content (AvgIpc) is 2.73. The highest BCUT2D eigenvalue weighted by molar-refractivity contribution is 9.10. The maximum absolute atomic E-state index is 12.8. The Hall–Kier alpha value is -3.12. The number of carbonyl (C=O) groups is 2. The lowest BCUT2D eigenvalue weighted by molar-refractivity contribution is 0.0961. The molecule has 3 rings (SSSR count). The van der Waals surface area contributed by atoms with Gasteiger partial charge < -0.3 is 15.4 Å². The van der Waals surface area contributed by atoms with Crippen LogP contribution in [0.2, 0.25) is 0 Å². The first-order chi connectivity index (χ1) is 13.6. The summed E-state index contributed by atoms with van der Waals surface area (Å²) in [5.41, 5.74) is 2.40. The summed E-state index contributed by atoms with van der Waals surface area (Å²) in [4.78, 5) is 24.6. The van der Waals surface area contributed by atoms with Crippen molar-refractivity contribution in [3.8, 4) is 5.75 Å². The summed E-state index contributed by atoms with van der Waals surface area (Å²) < 4.78 is 6.64. The van der Waals surface area contributed by atoms with Gasteiger partial charge in [0, 0.05) is 22.8 Å². The predicted molar refractivity (Wildman–Crippen MR) is 113 cm³/mol. The zero-order chi connectivity index (χ0) is 19.9. The first kappa shape index (κ1) is 19.6. The van der Waals surface area contributed by atoms with Crippen molar-refractivity contribution in [3.63, 3.8) is 0 Å². The van der Waals surface area contributed by atoms with Gasteiger partial charge in [-0.1, -0.05) is 52.3 Å². The second kappa shape index (κ2) is 9.19. The van der Waals surface area contributed by atoms with Crippen LogP contribution in [-0.4, -0.2) is 18.9 Å². The summed E-state index contributed by atoms with van der Waals surface area (Å²) in [5.74, 6) is -0.0594. The van der Waals surface area contributed by atoms with Gasteiger partial charge in [0.1, 0.15) is 12.4 Å². The van der Waals surface area contributed by atoms with Gasteiger partial charge in [0.15, 0.2) is 0 Å². The predicted octanol–water partition coefficient (Wildman–Crippen LogP) is 4.64. The second-order valence-electron chi connectivity index (χ2n) is 6.03. The molecule has 0 aliphatic rings. The molecule has 0 aliphatic heterocycles. The molecule has 0 aliphatic carbocycles. The molecule has 3 aromatic carbocycles. The van der Waals surface area contributed by atoms with Crippen LogP contribution in [0.15, 0.2) is 77.3 Å². The van der Waals surface area contributed by atoms with Gasteiger partial charge in [0.05, 0.1) is 5.56 Å². The van der Waals surface area contributed by atoms with E-state index in [1.807, 2.05) is 36.4 Å². The van der Waals surface area contributed by atoms with Gasteiger partial charge in [-0.2, -0.15) is 0 Å². The molecule has 0 aromatic heterocycles. The number of hydrogen-bond acceptors (Lipinski definition) is 3. The molecule has 0 saturated carbocycles. The van der Waals surface area contributed by atoms with Gasteiger partial charge in [-0.3, -0.25) is 9.59 Å². The highest BCUT2D eigenvalue weighted by Gasteiger charge is 2.15. The van der Waals surface area contributed by atoms with Crippen LogP contribution in [0.1, 0.15) is 26.3 Å². The monoisotopic (exact) mass is 438 g/mol. The fourth-order valence-electron chi connectivity index (χ4n) is 2.62. The summed E-state index contributed by atoms with van der Waals surface area (Å²) in [6.07, 6.45) is 0. The third-order valence-electron chi connectivity index (χ3n) is 4.03. The fraction of sp³-hybridized carbons (Fsp3) is 0.0909. The molecule has 0 unspecified atom stereocenters. The molecule has 0 saturated heterocycles. The van der Waals surface area contributed by atoms with Crippen LogP contribution in [0, 0.1) is 0 Å².